The first-order valence-corrected chi connectivity index (χ1v) is 7.11. The van der Waals surface area contributed by atoms with Crippen molar-refractivity contribution < 1.29 is 23.0 Å². The highest BCUT2D eigenvalue weighted by molar-refractivity contribution is 6.32. The summed E-state index contributed by atoms with van der Waals surface area (Å²) in [5.41, 5.74) is 0.443. The number of carbonyl (C=O) groups is 1. The Bertz CT molecular complexity index is 667. The summed E-state index contributed by atoms with van der Waals surface area (Å²) in [5.74, 6) is 0.0114. The van der Waals surface area contributed by atoms with Crippen molar-refractivity contribution in [2.24, 2.45) is 0 Å². The van der Waals surface area contributed by atoms with Gasteiger partial charge in [-0.15, -0.1) is 0 Å². The van der Waals surface area contributed by atoms with Crippen molar-refractivity contribution in [3.8, 4) is 11.5 Å². The molecule has 2 rings (SSSR count). The molecule has 0 spiro atoms. The molecule has 7 heteroatoms. The number of nitrogens with one attached hydrogen (secondary N) is 1. The fourth-order valence-electron chi connectivity index (χ4n) is 1.81. The Morgan fingerprint density at radius 3 is 2.43 bits per heavy atom. The second kappa shape index (κ2) is 8.33. The van der Waals surface area contributed by atoms with Gasteiger partial charge in [0.25, 0.3) is 5.91 Å². The molecule has 0 saturated heterocycles. The highest BCUT2D eigenvalue weighted by Gasteiger charge is 2.10. The first kappa shape index (κ1) is 17.0. The minimum absolute atomic E-state index is 0.0230. The van der Waals surface area contributed by atoms with Crippen LogP contribution in [0.25, 0.3) is 0 Å². The highest BCUT2D eigenvalue weighted by atomic mass is 35.5. The zero-order chi connectivity index (χ0) is 16.7. The van der Waals surface area contributed by atoms with E-state index in [0.717, 1.165) is 0 Å². The van der Waals surface area contributed by atoms with E-state index in [1.54, 1.807) is 42.5 Å². The normalized spacial score (nSPS) is 10.4. The molecule has 1 N–H and O–H groups in total. The number of amides is 1. The first-order chi connectivity index (χ1) is 11.1. The molecular weight excluding hydrogens is 328 g/mol. The Kier molecular flexibility index (Phi) is 6.17. The smallest absolute Gasteiger partial charge is 0.387 e. The Hall–Kier alpha value is -2.34. The lowest BCUT2D eigenvalue weighted by molar-refractivity contribution is -0.123. The van der Waals surface area contributed by atoms with Crippen molar-refractivity contribution in [2.45, 2.75) is 13.2 Å². The topological polar surface area (TPSA) is 47.6 Å². The van der Waals surface area contributed by atoms with Crippen LogP contribution >= 0.6 is 11.6 Å². The molecule has 0 aliphatic rings. The second-order valence-electron chi connectivity index (χ2n) is 4.48. The van der Waals surface area contributed by atoms with Crippen molar-refractivity contribution in [1.82, 2.24) is 5.32 Å². The summed E-state index contributed by atoms with van der Waals surface area (Å²) in [7, 11) is 0. The predicted molar refractivity (Wildman–Crippen MR) is 81.9 cm³/mol. The van der Waals surface area contributed by atoms with E-state index in [1.807, 2.05) is 0 Å². The Balaban J connectivity index is 1.86. The van der Waals surface area contributed by atoms with Crippen LogP contribution in [0.5, 0.6) is 11.5 Å². The van der Waals surface area contributed by atoms with Crippen molar-refractivity contribution >= 4 is 17.5 Å². The molecule has 0 radical (unpaired) electrons. The van der Waals surface area contributed by atoms with Crippen LogP contribution < -0.4 is 14.8 Å². The summed E-state index contributed by atoms with van der Waals surface area (Å²) in [6.45, 7) is -3.11. The summed E-state index contributed by atoms with van der Waals surface area (Å²) < 4.78 is 34.3. The lowest BCUT2D eigenvalue weighted by Gasteiger charge is -2.12. The van der Waals surface area contributed by atoms with Gasteiger partial charge in [0.2, 0.25) is 0 Å². The summed E-state index contributed by atoms with van der Waals surface area (Å²) in [5, 5.41) is 2.97. The molecule has 0 saturated carbocycles. The van der Waals surface area contributed by atoms with Crippen LogP contribution in [0.15, 0.2) is 48.5 Å². The fourth-order valence-corrected chi connectivity index (χ4v) is 2.00. The quantitative estimate of drug-likeness (QED) is 0.836. The maximum atomic E-state index is 12.3. The molecule has 23 heavy (non-hydrogen) atoms. The average molecular weight is 342 g/mol. The van der Waals surface area contributed by atoms with Gasteiger partial charge in [-0.3, -0.25) is 4.79 Å². The van der Waals surface area contributed by atoms with Gasteiger partial charge < -0.3 is 14.8 Å². The standard InChI is InChI=1S/C16H14ClF2NO3/c17-12-6-2-4-8-14(12)22-10-15(21)20-9-11-5-1-3-7-13(11)23-16(18)19/h1-8,16H,9-10H2,(H,20,21). The number of hydrogen-bond donors (Lipinski definition) is 1. The Morgan fingerprint density at radius 2 is 1.74 bits per heavy atom. The van der Waals surface area contributed by atoms with Gasteiger partial charge >= 0.3 is 6.61 Å². The highest BCUT2D eigenvalue weighted by Crippen LogP contribution is 2.23. The number of para-hydroxylation sites is 2. The first-order valence-electron chi connectivity index (χ1n) is 6.73. The molecule has 0 aliphatic heterocycles. The van der Waals surface area contributed by atoms with Crippen molar-refractivity contribution in [2.75, 3.05) is 6.61 Å². The fraction of sp³-hybridized carbons (Fsp3) is 0.188. The minimum atomic E-state index is -2.92. The molecule has 2 aromatic carbocycles. The van der Waals surface area contributed by atoms with Crippen LogP contribution in [0.4, 0.5) is 8.78 Å². The van der Waals surface area contributed by atoms with Crippen molar-refractivity contribution in [1.29, 1.82) is 0 Å². The number of ether oxygens (including phenoxy) is 2. The maximum Gasteiger partial charge on any atom is 0.387 e. The molecule has 2 aromatic rings. The van der Waals surface area contributed by atoms with E-state index in [9.17, 15) is 13.6 Å². The molecule has 1 amide bonds. The maximum absolute atomic E-state index is 12.3. The van der Waals surface area contributed by atoms with Gasteiger partial charge in [-0.1, -0.05) is 41.9 Å². The molecule has 0 heterocycles. The van der Waals surface area contributed by atoms with Crippen LogP contribution in [-0.2, 0) is 11.3 Å². The third-order valence-corrected chi connectivity index (χ3v) is 3.17. The molecule has 0 fully saturated rings. The van der Waals surface area contributed by atoms with Gasteiger partial charge in [-0.05, 0) is 18.2 Å². The van der Waals surface area contributed by atoms with Crippen LogP contribution in [0, 0.1) is 0 Å². The molecule has 4 nitrogen and oxygen atoms in total. The number of carbonyl (C=O) groups excluding carboxylic acids is 1. The Morgan fingerprint density at radius 1 is 1.09 bits per heavy atom. The summed E-state index contributed by atoms with van der Waals surface area (Å²) in [6.07, 6.45) is 0. The molecular formula is C16H14ClF2NO3. The van der Waals surface area contributed by atoms with E-state index in [1.165, 1.54) is 6.07 Å². The van der Waals surface area contributed by atoms with Crippen LogP contribution in [0.1, 0.15) is 5.56 Å². The van der Waals surface area contributed by atoms with E-state index >= 15 is 0 Å². The summed E-state index contributed by atoms with van der Waals surface area (Å²) >= 11 is 5.91. The zero-order valence-corrected chi connectivity index (χ0v) is 12.7. The van der Waals surface area contributed by atoms with Gasteiger partial charge in [0, 0.05) is 12.1 Å². The molecule has 0 aromatic heterocycles. The number of benzene rings is 2. The van der Waals surface area contributed by atoms with E-state index in [4.69, 9.17) is 16.3 Å². The van der Waals surface area contributed by atoms with Crippen LogP contribution in [0.3, 0.4) is 0 Å². The summed E-state index contributed by atoms with van der Waals surface area (Å²) in [4.78, 5) is 11.8. The lowest BCUT2D eigenvalue weighted by Crippen LogP contribution is -2.28. The Labute approximate surface area is 137 Å². The molecule has 0 atom stereocenters. The van der Waals surface area contributed by atoms with Crippen molar-refractivity contribution in [3.05, 3.63) is 59.1 Å². The summed E-state index contributed by atoms with van der Waals surface area (Å²) in [6, 6.07) is 13.0. The van der Waals surface area contributed by atoms with Gasteiger partial charge in [0.05, 0.1) is 5.02 Å². The minimum Gasteiger partial charge on any atom is -0.482 e. The van der Waals surface area contributed by atoms with Gasteiger partial charge in [0.15, 0.2) is 6.61 Å². The van der Waals surface area contributed by atoms with E-state index < -0.39 is 12.5 Å². The SMILES string of the molecule is O=C(COc1ccccc1Cl)NCc1ccccc1OC(F)F. The monoisotopic (exact) mass is 341 g/mol. The number of hydrogen-bond acceptors (Lipinski definition) is 3. The van der Waals surface area contributed by atoms with Gasteiger partial charge in [-0.25, -0.2) is 0 Å². The van der Waals surface area contributed by atoms with Crippen LogP contribution in [0.2, 0.25) is 5.02 Å². The number of alkyl halides is 2. The zero-order valence-electron chi connectivity index (χ0n) is 12.0. The van der Waals surface area contributed by atoms with Crippen LogP contribution in [-0.4, -0.2) is 19.1 Å². The number of rotatable bonds is 7. The molecule has 0 bridgehead atoms. The predicted octanol–water partition coefficient (Wildman–Crippen LogP) is 3.64. The van der Waals surface area contributed by atoms with Gasteiger partial charge in [0.1, 0.15) is 11.5 Å². The largest absolute Gasteiger partial charge is 0.482 e. The lowest BCUT2D eigenvalue weighted by atomic mass is 10.2. The van der Waals surface area contributed by atoms with E-state index in [0.29, 0.717) is 16.3 Å². The second-order valence-corrected chi connectivity index (χ2v) is 4.89. The third kappa shape index (κ3) is 5.41. The molecule has 122 valence electrons. The molecule has 0 aliphatic carbocycles. The van der Waals surface area contributed by atoms with E-state index in [-0.39, 0.29) is 18.9 Å². The van der Waals surface area contributed by atoms with E-state index in [2.05, 4.69) is 10.1 Å². The third-order valence-electron chi connectivity index (χ3n) is 2.86. The molecule has 0 unspecified atom stereocenters. The van der Waals surface area contributed by atoms with Gasteiger partial charge in [-0.2, -0.15) is 8.78 Å². The number of halogens is 3. The van der Waals surface area contributed by atoms with Crippen molar-refractivity contribution in [3.63, 3.8) is 0 Å². The average Bonchev–Trinajstić information content (AvgIpc) is 2.53.